The Balaban J connectivity index is 1.57. The van der Waals surface area contributed by atoms with E-state index < -0.39 is 0 Å². The van der Waals surface area contributed by atoms with E-state index in [-0.39, 0.29) is 0 Å². The van der Waals surface area contributed by atoms with E-state index in [1.165, 1.54) is 31.2 Å². The van der Waals surface area contributed by atoms with Crippen LogP contribution in [-0.4, -0.2) is 11.6 Å². The van der Waals surface area contributed by atoms with Gasteiger partial charge in [0.1, 0.15) is 23.2 Å². The van der Waals surface area contributed by atoms with Crippen molar-refractivity contribution in [2.45, 2.75) is 64.2 Å². The van der Waals surface area contributed by atoms with Crippen LogP contribution in [-0.2, 0) is 12.8 Å². The maximum atomic E-state index is 9.91. The molecule has 1 atom stereocenters. The van der Waals surface area contributed by atoms with E-state index in [0.717, 1.165) is 60.4 Å². The smallest absolute Gasteiger partial charge is 0.142 e. The average molecular weight is 440 g/mol. The van der Waals surface area contributed by atoms with Crippen LogP contribution in [0.15, 0.2) is 54.6 Å². The molecule has 0 saturated heterocycles. The van der Waals surface area contributed by atoms with E-state index in [1.54, 1.807) is 0 Å². The van der Waals surface area contributed by atoms with Gasteiger partial charge in [-0.3, -0.25) is 0 Å². The number of rotatable bonds is 9. The van der Waals surface area contributed by atoms with Crippen molar-refractivity contribution < 1.29 is 4.74 Å². The first kappa shape index (κ1) is 22.9. The third-order valence-electron chi connectivity index (χ3n) is 6.63. The quantitative estimate of drug-likeness (QED) is 0.371. The maximum absolute atomic E-state index is 9.91. The molecule has 1 heterocycles. The van der Waals surface area contributed by atoms with Crippen molar-refractivity contribution in [3.63, 3.8) is 0 Å². The van der Waals surface area contributed by atoms with Gasteiger partial charge in [0.05, 0.1) is 6.61 Å². The van der Waals surface area contributed by atoms with E-state index in [9.17, 15) is 5.26 Å². The molecule has 0 radical (unpaired) electrons. The number of aryl methyl sites for hydroxylation is 1. The number of pyridine rings is 1. The largest absolute Gasteiger partial charge is 0.494 e. The summed E-state index contributed by atoms with van der Waals surface area (Å²) in [6.07, 6.45) is 8.89. The molecule has 0 aliphatic heterocycles. The van der Waals surface area contributed by atoms with Gasteiger partial charge in [0.15, 0.2) is 0 Å². The number of ether oxygens (including phenoxy) is 1. The van der Waals surface area contributed by atoms with Gasteiger partial charge in [-0.1, -0.05) is 75.1 Å². The molecule has 0 fully saturated rings. The zero-order valence-electron chi connectivity index (χ0n) is 19.5. The Morgan fingerprint density at radius 1 is 1.03 bits per heavy atom. The average Bonchev–Trinajstić information content (AvgIpc) is 2.86. The molecule has 170 valence electrons. The number of nitrogens with two attached hydrogens (primary N) is 1. The van der Waals surface area contributed by atoms with Crippen molar-refractivity contribution in [1.29, 1.82) is 5.26 Å². The van der Waals surface area contributed by atoms with Crippen LogP contribution in [0.4, 0.5) is 5.82 Å². The van der Waals surface area contributed by atoms with Gasteiger partial charge in [0.25, 0.3) is 0 Å². The molecule has 2 N–H and O–H groups in total. The summed E-state index contributed by atoms with van der Waals surface area (Å²) in [6, 6.07) is 21.1. The molecule has 1 aromatic heterocycles. The molecule has 4 nitrogen and oxygen atoms in total. The highest BCUT2D eigenvalue weighted by Crippen LogP contribution is 2.40. The molecule has 33 heavy (non-hydrogen) atoms. The minimum absolute atomic E-state index is 0.330. The summed E-state index contributed by atoms with van der Waals surface area (Å²) in [4.78, 5) is 4.62. The molecule has 0 amide bonds. The lowest BCUT2D eigenvalue weighted by molar-refractivity contribution is 0.304. The van der Waals surface area contributed by atoms with Crippen molar-refractivity contribution in [3.05, 3.63) is 77.0 Å². The molecule has 0 saturated carbocycles. The van der Waals surface area contributed by atoms with Crippen LogP contribution in [0.2, 0.25) is 0 Å². The Hall–Kier alpha value is -3.32. The van der Waals surface area contributed by atoms with E-state index in [0.29, 0.717) is 17.3 Å². The van der Waals surface area contributed by atoms with Crippen LogP contribution in [0.25, 0.3) is 11.1 Å². The first-order valence-electron chi connectivity index (χ1n) is 12.2. The molecule has 0 spiro atoms. The second kappa shape index (κ2) is 11.0. The van der Waals surface area contributed by atoms with Gasteiger partial charge in [-0.25, -0.2) is 4.98 Å². The summed E-state index contributed by atoms with van der Waals surface area (Å²) >= 11 is 0. The van der Waals surface area contributed by atoms with Crippen molar-refractivity contribution in [2.24, 2.45) is 0 Å². The fourth-order valence-electron chi connectivity index (χ4n) is 4.83. The second-order valence-electron chi connectivity index (χ2n) is 8.92. The maximum Gasteiger partial charge on any atom is 0.142 e. The Labute approximate surface area is 197 Å². The molecule has 1 aliphatic carbocycles. The first-order valence-corrected chi connectivity index (χ1v) is 12.2. The lowest BCUT2D eigenvalue weighted by Gasteiger charge is -2.27. The summed E-state index contributed by atoms with van der Waals surface area (Å²) in [6.45, 7) is 2.97. The molecule has 3 aromatic rings. The number of aromatic nitrogens is 1. The number of hydrogen-bond acceptors (Lipinski definition) is 4. The van der Waals surface area contributed by atoms with Crippen molar-refractivity contribution >= 4 is 5.82 Å². The van der Waals surface area contributed by atoms with E-state index in [4.69, 9.17) is 10.5 Å². The van der Waals surface area contributed by atoms with Gasteiger partial charge < -0.3 is 10.5 Å². The highest BCUT2D eigenvalue weighted by Gasteiger charge is 2.27. The summed E-state index contributed by atoms with van der Waals surface area (Å²) < 4.78 is 5.94. The lowest BCUT2D eigenvalue weighted by Crippen LogP contribution is -2.17. The number of benzene rings is 2. The van der Waals surface area contributed by atoms with Gasteiger partial charge in [-0.05, 0) is 60.4 Å². The van der Waals surface area contributed by atoms with Crippen LogP contribution in [0.1, 0.15) is 73.8 Å². The number of unbranched alkanes of at least 4 members (excludes halogenated alkanes) is 4. The normalized spacial score (nSPS) is 15.0. The molecular weight excluding hydrogens is 406 g/mol. The van der Waals surface area contributed by atoms with Crippen molar-refractivity contribution in [3.8, 4) is 22.9 Å². The monoisotopic (exact) mass is 439 g/mol. The highest BCUT2D eigenvalue weighted by molar-refractivity contribution is 5.79. The first-order chi connectivity index (χ1) is 16.2. The predicted octanol–water partition coefficient (Wildman–Crippen LogP) is 6.82. The topological polar surface area (TPSA) is 71.9 Å². The Kier molecular flexibility index (Phi) is 7.62. The van der Waals surface area contributed by atoms with Crippen LogP contribution in [0.3, 0.4) is 0 Å². The Morgan fingerprint density at radius 2 is 1.79 bits per heavy atom. The molecule has 4 heteroatoms. The second-order valence-corrected chi connectivity index (χ2v) is 8.92. The Morgan fingerprint density at radius 3 is 2.52 bits per heavy atom. The van der Waals surface area contributed by atoms with Crippen LogP contribution >= 0.6 is 0 Å². The number of anilines is 1. The van der Waals surface area contributed by atoms with Gasteiger partial charge in [-0.15, -0.1) is 0 Å². The van der Waals surface area contributed by atoms with E-state index >= 15 is 0 Å². The van der Waals surface area contributed by atoms with Crippen LogP contribution in [0, 0.1) is 11.3 Å². The summed E-state index contributed by atoms with van der Waals surface area (Å²) in [5, 5.41) is 9.91. The minimum Gasteiger partial charge on any atom is -0.494 e. The van der Waals surface area contributed by atoms with Crippen LogP contribution < -0.4 is 10.5 Å². The number of nitrogens with zero attached hydrogens (tertiary/aromatic N) is 2. The zero-order valence-corrected chi connectivity index (χ0v) is 19.5. The summed E-state index contributed by atoms with van der Waals surface area (Å²) in [5.41, 5.74) is 12.2. The number of fused-ring (bicyclic) bond motifs is 1. The Bertz CT molecular complexity index is 1100. The van der Waals surface area contributed by atoms with E-state index in [1.807, 2.05) is 12.1 Å². The van der Waals surface area contributed by atoms with Gasteiger partial charge in [-0.2, -0.15) is 5.26 Å². The molecular formula is C29H33N3O. The van der Waals surface area contributed by atoms with Crippen LogP contribution in [0.5, 0.6) is 5.75 Å². The number of nitriles is 1. The third kappa shape index (κ3) is 5.37. The molecule has 0 bridgehead atoms. The van der Waals surface area contributed by atoms with E-state index in [2.05, 4.69) is 60.4 Å². The highest BCUT2D eigenvalue weighted by atomic mass is 16.5. The molecule has 1 aliphatic rings. The molecule has 1 unspecified atom stereocenters. The predicted molar refractivity (Wildman–Crippen MR) is 134 cm³/mol. The number of nitrogen functional groups attached to an aromatic ring is 1. The SMILES string of the molecule is CCCCCCCOc1ccc(-c2c(C#N)c(N)nc3c2CC(c2ccccc2)CC3)cc1. The number of hydrogen-bond donors (Lipinski definition) is 1. The fourth-order valence-corrected chi connectivity index (χ4v) is 4.83. The summed E-state index contributed by atoms with van der Waals surface area (Å²) in [7, 11) is 0. The van der Waals surface area contributed by atoms with Gasteiger partial charge >= 0.3 is 0 Å². The van der Waals surface area contributed by atoms with Gasteiger partial charge in [0.2, 0.25) is 0 Å². The minimum atomic E-state index is 0.330. The zero-order chi connectivity index (χ0) is 23.0. The summed E-state index contributed by atoms with van der Waals surface area (Å²) in [5.74, 6) is 1.62. The molecule has 4 rings (SSSR count). The fraction of sp³-hybridized carbons (Fsp3) is 0.379. The van der Waals surface area contributed by atoms with Crippen molar-refractivity contribution in [2.75, 3.05) is 12.3 Å². The lowest BCUT2D eigenvalue weighted by atomic mass is 9.78. The molecule has 2 aromatic carbocycles. The third-order valence-corrected chi connectivity index (χ3v) is 6.63. The van der Waals surface area contributed by atoms with Crippen molar-refractivity contribution in [1.82, 2.24) is 4.98 Å². The van der Waals surface area contributed by atoms with Gasteiger partial charge in [0, 0.05) is 11.3 Å². The standard InChI is InChI=1S/C29H33N3O/c1-2-3-4-5-9-18-33-24-15-12-22(13-16-24)28-25-19-23(21-10-7-6-8-11-21)14-17-27(25)32-29(31)26(28)20-30/h6-8,10-13,15-16,23H,2-5,9,14,17-19H2,1H3,(H2,31,32).